The largest absolute Gasteiger partial charge is 0.493 e. The standard InChI is InChI=1S/C10H10BrN3O/c11-4-5-15-10-3-1-2-9(6-10)14-7-12-13-8-14/h1-3,6-8H,4-5H2. The molecule has 0 fully saturated rings. The van der Waals surface area contributed by atoms with Crippen molar-refractivity contribution < 1.29 is 4.74 Å². The number of aromatic nitrogens is 3. The summed E-state index contributed by atoms with van der Waals surface area (Å²) in [6, 6.07) is 7.80. The second-order valence-corrected chi connectivity index (χ2v) is 3.70. The van der Waals surface area contributed by atoms with Crippen LogP contribution in [0, 0.1) is 0 Å². The Bertz CT molecular complexity index is 416. The topological polar surface area (TPSA) is 39.9 Å². The van der Waals surface area contributed by atoms with E-state index in [4.69, 9.17) is 4.74 Å². The van der Waals surface area contributed by atoms with E-state index in [1.807, 2.05) is 28.8 Å². The molecule has 5 heteroatoms. The van der Waals surface area contributed by atoms with E-state index in [1.165, 1.54) is 0 Å². The van der Waals surface area contributed by atoms with Crippen LogP contribution in [0.15, 0.2) is 36.9 Å². The molecule has 0 unspecified atom stereocenters. The van der Waals surface area contributed by atoms with Crippen molar-refractivity contribution in [3.05, 3.63) is 36.9 Å². The van der Waals surface area contributed by atoms with Gasteiger partial charge in [0, 0.05) is 11.4 Å². The van der Waals surface area contributed by atoms with Gasteiger partial charge in [0.05, 0.1) is 12.3 Å². The van der Waals surface area contributed by atoms with Crippen molar-refractivity contribution in [2.24, 2.45) is 0 Å². The van der Waals surface area contributed by atoms with E-state index in [0.29, 0.717) is 6.61 Å². The van der Waals surface area contributed by atoms with Gasteiger partial charge in [0.15, 0.2) is 0 Å². The molecule has 0 aliphatic carbocycles. The molecule has 0 bridgehead atoms. The average Bonchev–Trinajstić information content (AvgIpc) is 2.80. The summed E-state index contributed by atoms with van der Waals surface area (Å²) in [6.07, 6.45) is 3.31. The Labute approximate surface area is 96.0 Å². The maximum atomic E-state index is 5.49. The molecule has 1 aromatic carbocycles. The molecule has 4 nitrogen and oxygen atoms in total. The van der Waals surface area contributed by atoms with Crippen molar-refractivity contribution in [1.82, 2.24) is 14.8 Å². The maximum absolute atomic E-state index is 5.49. The van der Waals surface area contributed by atoms with Crippen LogP contribution < -0.4 is 4.74 Å². The number of rotatable bonds is 4. The molecule has 2 rings (SSSR count). The first-order valence-electron chi connectivity index (χ1n) is 4.54. The van der Waals surface area contributed by atoms with Crippen LogP contribution >= 0.6 is 15.9 Å². The molecule has 15 heavy (non-hydrogen) atoms. The average molecular weight is 268 g/mol. The van der Waals surface area contributed by atoms with Crippen LogP contribution in [-0.2, 0) is 0 Å². The highest BCUT2D eigenvalue weighted by atomic mass is 79.9. The molecule has 0 saturated carbocycles. The summed E-state index contributed by atoms with van der Waals surface area (Å²) in [7, 11) is 0. The Hall–Kier alpha value is -1.36. The Kier molecular flexibility index (Phi) is 3.34. The molecular formula is C10H10BrN3O. The van der Waals surface area contributed by atoms with Crippen LogP contribution in [-0.4, -0.2) is 26.7 Å². The van der Waals surface area contributed by atoms with Crippen molar-refractivity contribution in [2.75, 3.05) is 11.9 Å². The molecule has 0 amide bonds. The van der Waals surface area contributed by atoms with E-state index < -0.39 is 0 Å². The lowest BCUT2D eigenvalue weighted by Gasteiger charge is -2.06. The number of halogens is 1. The van der Waals surface area contributed by atoms with E-state index >= 15 is 0 Å². The van der Waals surface area contributed by atoms with Gasteiger partial charge in [-0.25, -0.2) is 0 Å². The van der Waals surface area contributed by atoms with Gasteiger partial charge in [0.2, 0.25) is 0 Å². The van der Waals surface area contributed by atoms with Crippen LogP contribution in [0.5, 0.6) is 5.75 Å². The fraction of sp³-hybridized carbons (Fsp3) is 0.200. The van der Waals surface area contributed by atoms with Gasteiger partial charge in [-0.3, -0.25) is 4.57 Å². The van der Waals surface area contributed by atoms with E-state index in [0.717, 1.165) is 16.8 Å². The molecule has 78 valence electrons. The van der Waals surface area contributed by atoms with Crippen LogP contribution in [0.3, 0.4) is 0 Å². The molecule has 0 aliphatic rings. The van der Waals surface area contributed by atoms with Gasteiger partial charge in [-0.15, -0.1) is 10.2 Å². The number of benzene rings is 1. The van der Waals surface area contributed by atoms with Gasteiger partial charge >= 0.3 is 0 Å². The van der Waals surface area contributed by atoms with Crippen molar-refractivity contribution in [2.45, 2.75) is 0 Å². The number of hydrogen-bond donors (Lipinski definition) is 0. The third-order valence-corrected chi connectivity index (χ3v) is 2.20. The second-order valence-electron chi connectivity index (χ2n) is 2.90. The smallest absolute Gasteiger partial charge is 0.123 e. The number of alkyl halides is 1. The van der Waals surface area contributed by atoms with Gasteiger partial charge in [-0.2, -0.15) is 0 Å². The van der Waals surface area contributed by atoms with Crippen LogP contribution in [0.25, 0.3) is 5.69 Å². The number of ether oxygens (including phenoxy) is 1. The van der Waals surface area contributed by atoms with Crippen molar-refractivity contribution in [3.8, 4) is 11.4 Å². The Morgan fingerprint density at radius 3 is 2.80 bits per heavy atom. The van der Waals surface area contributed by atoms with Crippen LogP contribution in [0.4, 0.5) is 0 Å². The van der Waals surface area contributed by atoms with Crippen LogP contribution in [0.2, 0.25) is 0 Å². The lowest BCUT2D eigenvalue weighted by Crippen LogP contribution is -1.98. The first-order chi connectivity index (χ1) is 7.40. The Morgan fingerprint density at radius 1 is 1.27 bits per heavy atom. The van der Waals surface area contributed by atoms with Gasteiger partial charge in [-0.1, -0.05) is 22.0 Å². The summed E-state index contributed by atoms with van der Waals surface area (Å²) in [4.78, 5) is 0. The van der Waals surface area contributed by atoms with Gasteiger partial charge in [0.1, 0.15) is 18.4 Å². The van der Waals surface area contributed by atoms with Crippen LogP contribution in [0.1, 0.15) is 0 Å². The van der Waals surface area contributed by atoms with E-state index in [9.17, 15) is 0 Å². The molecule has 0 aliphatic heterocycles. The zero-order chi connectivity index (χ0) is 10.5. The molecule has 0 radical (unpaired) electrons. The monoisotopic (exact) mass is 267 g/mol. The summed E-state index contributed by atoms with van der Waals surface area (Å²) in [5, 5.41) is 8.33. The summed E-state index contributed by atoms with van der Waals surface area (Å²) < 4.78 is 7.33. The fourth-order valence-corrected chi connectivity index (χ4v) is 1.39. The zero-order valence-corrected chi connectivity index (χ0v) is 9.59. The maximum Gasteiger partial charge on any atom is 0.123 e. The predicted octanol–water partition coefficient (Wildman–Crippen LogP) is 2.04. The summed E-state index contributed by atoms with van der Waals surface area (Å²) in [5.41, 5.74) is 0.993. The minimum absolute atomic E-state index is 0.658. The summed E-state index contributed by atoms with van der Waals surface area (Å²) >= 11 is 3.31. The van der Waals surface area contributed by atoms with Gasteiger partial charge in [0.25, 0.3) is 0 Å². The Balaban J connectivity index is 2.19. The first kappa shape index (κ1) is 10.2. The second kappa shape index (κ2) is 4.93. The minimum Gasteiger partial charge on any atom is -0.493 e. The van der Waals surface area contributed by atoms with E-state index in [1.54, 1.807) is 12.7 Å². The highest BCUT2D eigenvalue weighted by Gasteiger charge is 1.98. The minimum atomic E-state index is 0.658. The molecule has 1 aromatic heterocycles. The van der Waals surface area contributed by atoms with E-state index in [-0.39, 0.29) is 0 Å². The zero-order valence-electron chi connectivity index (χ0n) is 8.01. The third-order valence-electron chi connectivity index (χ3n) is 1.88. The summed E-state index contributed by atoms with van der Waals surface area (Å²) in [6.45, 7) is 0.658. The molecule has 0 spiro atoms. The highest BCUT2D eigenvalue weighted by molar-refractivity contribution is 9.09. The number of nitrogens with zero attached hydrogens (tertiary/aromatic N) is 3. The van der Waals surface area contributed by atoms with Gasteiger partial charge in [-0.05, 0) is 12.1 Å². The number of hydrogen-bond acceptors (Lipinski definition) is 3. The molecule has 0 atom stereocenters. The summed E-state index contributed by atoms with van der Waals surface area (Å²) in [5.74, 6) is 0.848. The van der Waals surface area contributed by atoms with Gasteiger partial charge < -0.3 is 4.74 Å². The highest BCUT2D eigenvalue weighted by Crippen LogP contribution is 2.16. The molecular weight excluding hydrogens is 258 g/mol. The fourth-order valence-electron chi connectivity index (χ4n) is 1.22. The van der Waals surface area contributed by atoms with Crippen molar-refractivity contribution >= 4 is 15.9 Å². The first-order valence-corrected chi connectivity index (χ1v) is 5.66. The SMILES string of the molecule is BrCCOc1cccc(-n2cnnc2)c1. The quantitative estimate of drug-likeness (QED) is 0.797. The molecule has 1 heterocycles. The lowest BCUT2D eigenvalue weighted by atomic mass is 10.3. The Morgan fingerprint density at radius 2 is 2.07 bits per heavy atom. The predicted molar refractivity (Wildman–Crippen MR) is 60.6 cm³/mol. The van der Waals surface area contributed by atoms with E-state index in [2.05, 4.69) is 26.1 Å². The normalized spacial score (nSPS) is 10.2. The van der Waals surface area contributed by atoms with Crippen molar-refractivity contribution in [1.29, 1.82) is 0 Å². The third kappa shape index (κ3) is 2.56. The molecule has 0 saturated heterocycles. The lowest BCUT2D eigenvalue weighted by molar-refractivity contribution is 0.345. The molecule has 0 N–H and O–H groups in total. The molecule has 2 aromatic rings. The van der Waals surface area contributed by atoms with Crippen molar-refractivity contribution in [3.63, 3.8) is 0 Å².